The molecule has 1 amide bonds. The number of nitriles is 1. The third kappa shape index (κ3) is 4.34. The molecule has 148 valence electrons. The number of benzene rings is 1. The number of thiazole rings is 1. The van der Waals surface area contributed by atoms with E-state index in [1.54, 1.807) is 19.3 Å². The summed E-state index contributed by atoms with van der Waals surface area (Å²) in [6.07, 6.45) is 1.58. The van der Waals surface area contributed by atoms with Crippen LogP contribution in [0.4, 0.5) is 5.13 Å². The molecule has 0 radical (unpaired) electrons. The number of ether oxygens (including phenoxy) is 1. The van der Waals surface area contributed by atoms with E-state index in [-0.39, 0.29) is 5.57 Å². The third-order valence-corrected chi connectivity index (χ3v) is 5.54. The van der Waals surface area contributed by atoms with E-state index in [1.165, 1.54) is 11.3 Å². The van der Waals surface area contributed by atoms with Gasteiger partial charge in [0.25, 0.3) is 5.91 Å². The van der Waals surface area contributed by atoms with Crippen LogP contribution in [-0.2, 0) is 4.79 Å². The van der Waals surface area contributed by atoms with Gasteiger partial charge >= 0.3 is 0 Å². The van der Waals surface area contributed by atoms with Crippen molar-refractivity contribution in [3.05, 3.63) is 62.9 Å². The second-order valence-corrected chi connectivity index (χ2v) is 7.66. The number of anilines is 1. The van der Waals surface area contributed by atoms with Crippen molar-refractivity contribution in [3.8, 4) is 17.5 Å². The lowest BCUT2D eigenvalue weighted by Crippen LogP contribution is -2.13. The van der Waals surface area contributed by atoms with Gasteiger partial charge in [0.1, 0.15) is 17.4 Å². The van der Waals surface area contributed by atoms with Gasteiger partial charge < -0.3 is 9.30 Å². The zero-order valence-corrected chi connectivity index (χ0v) is 18.0. The number of hydrogen-bond donors (Lipinski definition) is 1. The summed E-state index contributed by atoms with van der Waals surface area (Å²) in [5.41, 5.74) is 4.29. The average Bonchev–Trinajstić information content (AvgIpc) is 3.21. The van der Waals surface area contributed by atoms with Gasteiger partial charge in [-0.1, -0.05) is 11.6 Å². The minimum absolute atomic E-state index is 0.00543. The maximum absolute atomic E-state index is 12.5. The molecule has 3 aromatic rings. The molecule has 0 spiro atoms. The van der Waals surface area contributed by atoms with Gasteiger partial charge in [0.2, 0.25) is 0 Å². The van der Waals surface area contributed by atoms with E-state index in [4.69, 9.17) is 16.3 Å². The van der Waals surface area contributed by atoms with Crippen LogP contribution in [-0.4, -0.2) is 22.6 Å². The number of rotatable bonds is 5. The second-order valence-electron chi connectivity index (χ2n) is 6.40. The quantitative estimate of drug-likeness (QED) is 0.456. The minimum Gasteiger partial charge on any atom is -0.495 e. The summed E-state index contributed by atoms with van der Waals surface area (Å²) in [6.45, 7) is 5.72. The molecule has 0 bridgehead atoms. The molecule has 8 heteroatoms. The molecule has 2 heterocycles. The summed E-state index contributed by atoms with van der Waals surface area (Å²) < 4.78 is 7.22. The van der Waals surface area contributed by atoms with Crippen LogP contribution in [0, 0.1) is 32.1 Å². The summed E-state index contributed by atoms with van der Waals surface area (Å²) in [7, 11) is 1.57. The smallest absolute Gasteiger partial charge is 0.268 e. The molecule has 0 fully saturated rings. The van der Waals surface area contributed by atoms with Crippen LogP contribution in [0.2, 0.25) is 5.02 Å². The Labute approximate surface area is 178 Å². The molecule has 1 aromatic carbocycles. The summed E-state index contributed by atoms with van der Waals surface area (Å²) in [5, 5.41) is 15.0. The summed E-state index contributed by atoms with van der Waals surface area (Å²) in [4.78, 5) is 16.7. The molecule has 0 aliphatic carbocycles. The number of amides is 1. The molecule has 1 N–H and O–H groups in total. The lowest BCUT2D eigenvalue weighted by atomic mass is 10.1. The Morgan fingerprint density at radius 2 is 2.10 bits per heavy atom. The monoisotopic (exact) mass is 426 g/mol. The molecule has 6 nitrogen and oxygen atoms in total. The Kier molecular flexibility index (Phi) is 6.06. The van der Waals surface area contributed by atoms with Crippen LogP contribution in [0.5, 0.6) is 5.75 Å². The number of hydrogen-bond acceptors (Lipinski definition) is 5. The largest absolute Gasteiger partial charge is 0.495 e. The molecular formula is C21H19ClN4O2S. The van der Waals surface area contributed by atoms with Crippen LogP contribution in [0.1, 0.15) is 22.6 Å². The van der Waals surface area contributed by atoms with E-state index in [0.29, 0.717) is 15.9 Å². The summed E-state index contributed by atoms with van der Waals surface area (Å²) in [5.74, 6) is 0.109. The maximum atomic E-state index is 12.5. The zero-order valence-electron chi connectivity index (χ0n) is 16.4. The van der Waals surface area contributed by atoms with Crippen LogP contribution in [0.25, 0.3) is 11.8 Å². The van der Waals surface area contributed by atoms with Gasteiger partial charge in [0, 0.05) is 22.5 Å². The molecule has 0 saturated carbocycles. The Balaban J connectivity index is 1.95. The predicted octanol–water partition coefficient (Wildman–Crippen LogP) is 5.07. The van der Waals surface area contributed by atoms with Crippen molar-refractivity contribution >= 4 is 40.1 Å². The first-order valence-electron chi connectivity index (χ1n) is 8.72. The fourth-order valence-electron chi connectivity index (χ4n) is 3.01. The average molecular weight is 427 g/mol. The highest BCUT2D eigenvalue weighted by atomic mass is 35.5. The molecule has 0 aliphatic rings. The predicted molar refractivity (Wildman–Crippen MR) is 116 cm³/mol. The standard InChI is InChI=1S/C21H19ClN4O2S/c1-12-11-29-21(24-12)25-20(27)16(10-23)8-15-7-13(2)26(14(15)3)17-5-6-19(28-4)18(22)9-17/h5-9,11H,1-4H3,(H,24,25,27)/b16-8-. The topological polar surface area (TPSA) is 79.9 Å². The minimum atomic E-state index is -0.487. The van der Waals surface area contributed by atoms with E-state index >= 15 is 0 Å². The van der Waals surface area contributed by atoms with Crippen molar-refractivity contribution in [2.75, 3.05) is 12.4 Å². The molecule has 0 aliphatic heterocycles. The van der Waals surface area contributed by atoms with Gasteiger partial charge in [-0.3, -0.25) is 10.1 Å². The van der Waals surface area contributed by atoms with Crippen molar-refractivity contribution < 1.29 is 9.53 Å². The van der Waals surface area contributed by atoms with Gasteiger partial charge in [0.15, 0.2) is 5.13 Å². The highest BCUT2D eigenvalue weighted by Gasteiger charge is 2.15. The Morgan fingerprint density at radius 1 is 1.34 bits per heavy atom. The highest BCUT2D eigenvalue weighted by molar-refractivity contribution is 7.13. The van der Waals surface area contributed by atoms with E-state index < -0.39 is 5.91 Å². The number of methoxy groups -OCH3 is 1. The van der Waals surface area contributed by atoms with E-state index in [1.807, 2.05) is 55.0 Å². The third-order valence-electron chi connectivity index (χ3n) is 4.37. The van der Waals surface area contributed by atoms with Gasteiger partial charge in [0.05, 0.1) is 17.8 Å². The lowest BCUT2D eigenvalue weighted by Gasteiger charge is -2.12. The molecular weight excluding hydrogens is 408 g/mol. The summed E-state index contributed by atoms with van der Waals surface area (Å²) in [6, 6.07) is 9.42. The Morgan fingerprint density at radius 3 is 2.69 bits per heavy atom. The van der Waals surface area contributed by atoms with E-state index in [0.717, 1.165) is 28.3 Å². The van der Waals surface area contributed by atoms with Crippen molar-refractivity contribution in [1.82, 2.24) is 9.55 Å². The number of carbonyl (C=O) groups is 1. The molecule has 3 rings (SSSR count). The van der Waals surface area contributed by atoms with Gasteiger partial charge in [-0.25, -0.2) is 4.98 Å². The highest BCUT2D eigenvalue weighted by Crippen LogP contribution is 2.30. The molecule has 29 heavy (non-hydrogen) atoms. The summed E-state index contributed by atoms with van der Waals surface area (Å²) >= 11 is 7.58. The van der Waals surface area contributed by atoms with Crippen molar-refractivity contribution in [3.63, 3.8) is 0 Å². The molecule has 0 saturated heterocycles. The van der Waals surface area contributed by atoms with Crippen LogP contribution in [0.15, 0.2) is 35.2 Å². The van der Waals surface area contributed by atoms with Crippen molar-refractivity contribution in [2.24, 2.45) is 0 Å². The van der Waals surface area contributed by atoms with Crippen LogP contribution in [0.3, 0.4) is 0 Å². The molecule has 0 atom stereocenters. The van der Waals surface area contributed by atoms with E-state index in [2.05, 4.69) is 10.3 Å². The van der Waals surface area contributed by atoms with Gasteiger partial charge in [-0.05, 0) is 56.7 Å². The number of nitrogens with zero attached hydrogens (tertiary/aromatic N) is 3. The normalized spacial score (nSPS) is 11.2. The number of aryl methyl sites for hydroxylation is 2. The fourth-order valence-corrected chi connectivity index (χ4v) is 3.94. The lowest BCUT2D eigenvalue weighted by molar-refractivity contribution is -0.112. The van der Waals surface area contributed by atoms with E-state index in [9.17, 15) is 10.1 Å². The SMILES string of the molecule is COc1ccc(-n2c(C)cc(/C=C(/C#N)C(=O)Nc3nc(C)cs3)c2C)cc1Cl. The second kappa shape index (κ2) is 8.52. The first-order chi connectivity index (χ1) is 13.8. The van der Waals surface area contributed by atoms with Crippen LogP contribution >= 0.6 is 22.9 Å². The fraction of sp³-hybridized carbons (Fsp3) is 0.190. The number of aromatic nitrogens is 2. The first kappa shape index (κ1) is 20.6. The number of halogens is 1. The van der Waals surface area contributed by atoms with Gasteiger partial charge in [-0.15, -0.1) is 11.3 Å². The molecule has 0 unspecified atom stereocenters. The number of nitrogens with one attached hydrogen (secondary N) is 1. The van der Waals surface area contributed by atoms with Gasteiger partial charge in [-0.2, -0.15) is 5.26 Å². The number of carbonyl (C=O) groups excluding carboxylic acids is 1. The van der Waals surface area contributed by atoms with Crippen LogP contribution < -0.4 is 10.1 Å². The molecule has 2 aromatic heterocycles. The van der Waals surface area contributed by atoms with Crippen molar-refractivity contribution in [2.45, 2.75) is 20.8 Å². The Hall–Kier alpha value is -3.08. The maximum Gasteiger partial charge on any atom is 0.268 e. The Bertz CT molecular complexity index is 1150. The zero-order chi connectivity index (χ0) is 21.1. The first-order valence-corrected chi connectivity index (χ1v) is 9.98. The van der Waals surface area contributed by atoms with Crippen molar-refractivity contribution in [1.29, 1.82) is 5.26 Å².